The Kier molecular flexibility index (Phi) is 10.6. The van der Waals surface area contributed by atoms with E-state index in [9.17, 15) is 24.6 Å². The van der Waals surface area contributed by atoms with Crippen molar-refractivity contribution in [1.82, 2.24) is 25.4 Å². The summed E-state index contributed by atoms with van der Waals surface area (Å²) in [4.78, 5) is 50.2. The number of ketones is 1. The van der Waals surface area contributed by atoms with Crippen LogP contribution < -0.4 is 16.0 Å². The summed E-state index contributed by atoms with van der Waals surface area (Å²) in [6, 6.07) is 15.5. The van der Waals surface area contributed by atoms with Crippen molar-refractivity contribution in [3.63, 3.8) is 0 Å². The van der Waals surface area contributed by atoms with Crippen LogP contribution in [0.5, 0.6) is 5.75 Å². The summed E-state index contributed by atoms with van der Waals surface area (Å²) in [5.74, 6) is -0.892. The van der Waals surface area contributed by atoms with Crippen LogP contribution in [0, 0.1) is 24.2 Å². The highest BCUT2D eigenvalue weighted by atomic mass is 32.1. The number of aliphatic hydroxyl groups excluding tert-OH is 1. The fourth-order valence-electron chi connectivity index (χ4n) is 7.16. The lowest BCUT2D eigenvalue weighted by molar-refractivity contribution is -0.146. The number of nitrogens with zero attached hydrogens (tertiary/aromatic N) is 5. The van der Waals surface area contributed by atoms with Gasteiger partial charge in [0, 0.05) is 56.3 Å². The minimum absolute atomic E-state index is 0.0278. The summed E-state index contributed by atoms with van der Waals surface area (Å²) in [5, 5.41) is 32.2. The third-order valence-electron chi connectivity index (χ3n) is 10.2. The molecular formula is C39H47N7O5S. The van der Waals surface area contributed by atoms with Gasteiger partial charge >= 0.3 is 0 Å². The number of benzene rings is 2. The number of hydrogen-bond acceptors (Lipinski definition) is 11. The van der Waals surface area contributed by atoms with Crippen molar-refractivity contribution in [2.45, 2.75) is 72.1 Å². The second kappa shape index (κ2) is 15.0. The Labute approximate surface area is 308 Å². The van der Waals surface area contributed by atoms with E-state index in [-0.39, 0.29) is 60.5 Å². The Balaban J connectivity index is 1.06. The van der Waals surface area contributed by atoms with Gasteiger partial charge in [-0.1, -0.05) is 57.2 Å². The number of β-amino-alcohol motifs (C(OH)–C–C–N with tert-alkyl or cyclic N) is 1. The molecule has 13 heteroatoms. The number of anilines is 2. The zero-order valence-corrected chi connectivity index (χ0v) is 31.1. The molecule has 2 aromatic carbocycles. The Bertz CT molecular complexity index is 1940. The number of phenols is 1. The molecule has 2 aromatic heterocycles. The van der Waals surface area contributed by atoms with Gasteiger partial charge in [-0.3, -0.25) is 14.4 Å². The first-order valence-corrected chi connectivity index (χ1v) is 18.5. The first-order valence-electron chi connectivity index (χ1n) is 17.7. The van der Waals surface area contributed by atoms with Crippen molar-refractivity contribution in [2.24, 2.45) is 17.3 Å². The van der Waals surface area contributed by atoms with Crippen LogP contribution in [0.4, 0.5) is 11.5 Å². The van der Waals surface area contributed by atoms with Gasteiger partial charge in [-0.05, 0) is 48.6 Å². The predicted molar refractivity (Wildman–Crippen MR) is 201 cm³/mol. The van der Waals surface area contributed by atoms with E-state index in [0.29, 0.717) is 36.5 Å². The molecule has 4 aromatic rings. The molecule has 0 saturated carbocycles. The van der Waals surface area contributed by atoms with Gasteiger partial charge in [-0.25, -0.2) is 4.98 Å². The number of nitrogens with one attached hydrogen (secondary N) is 1. The number of thiazole rings is 1. The molecule has 52 heavy (non-hydrogen) atoms. The summed E-state index contributed by atoms with van der Waals surface area (Å²) in [6.45, 7) is 10.9. The molecule has 4 atom stereocenters. The van der Waals surface area contributed by atoms with Gasteiger partial charge in [0.2, 0.25) is 11.8 Å². The molecule has 0 radical (unpaired) electrons. The van der Waals surface area contributed by atoms with Crippen LogP contribution in [0.3, 0.4) is 0 Å². The number of aromatic hydroxyl groups is 1. The van der Waals surface area contributed by atoms with Gasteiger partial charge in [0.05, 0.1) is 39.6 Å². The van der Waals surface area contributed by atoms with E-state index >= 15 is 0 Å². The quantitative estimate of drug-likeness (QED) is 0.162. The van der Waals surface area contributed by atoms with Crippen LogP contribution in [-0.4, -0.2) is 79.7 Å². The number of aromatic nitrogens is 3. The van der Waals surface area contributed by atoms with E-state index in [1.54, 1.807) is 41.7 Å². The molecule has 2 amide bonds. The number of amides is 2. The molecule has 6 rings (SSSR count). The molecule has 2 saturated heterocycles. The second-order valence-electron chi connectivity index (χ2n) is 15.2. The predicted octanol–water partition coefficient (Wildman–Crippen LogP) is 5.15. The number of nitrogen functional groups attached to an aromatic ring is 1. The van der Waals surface area contributed by atoms with Crippen molar-refractivity contribution in [3.05, 3.63) is 71.4 Å². The van der Waals surface area contributed by atoms with Gasteiger partial charge in [0.25, 0.3) is 0 Å². The number of aliphatic hydroxyl groups is 1. The highest BCUT2D eigenvalue weighted by Crippen LogP contribution is 2.37. The number of aryl methyl sites for hydroxylation is 1. The fraction of sp³-hybridized carbons (Fsp3) is 0.436. The lowest BCUT2D eigenvalue weighted by Gasteiger charge is -2.41. The molecular weight excluding hydrogens is 679 g/mol. The van der Waals surface area contributed by atoms with E-state index < -0.39 is 23.5 Å². The van der Waals surface area contributed by atoms with Crippen LogP contribution in [0.15, 0.2) is 60.1 Å². The topological polar surface area (TPSA) is 175 Å². The number of hydrogen-bond donors (Lipinski definition) is 4. The highest BCUT2D eigenvalue weighted by molar-refractivity contribution is 7.13. The molecule has 5 N–H and O–H groups in total. The van der Waals surface area contributed by atoms with Crippen LogP contribution in [0.1, 0.15) is 64.3 Å². The van der Waals surface area contributed by atoms with E-state index in [4.69, 9.17) is 5.73 Å². The highest BCUT2D eigenvalue weighted by Gasteiger charge is 2.45. The number of nitrogens with two attached hydrogens (primary N) is 1. The van der Waals surface area contributed by atoms with Crippen LogP contribution in [0.2, 0.25) is 0 Å². The van der Waals surface area contributed by atoms with Crippen LogP contribution in [-0.2, 0) is 14.4 Å². The summed E-state index contributed by atoms with van der Waals surface area (Å²) >= 11 is 1.58. The number of Topliss-reactive ketones (excluding diaryl/α,β-unsaturated/α-hetero) is 1. The summed E-state index contributed by atoms with van der Waals surface area (Å²) in [6.07, 6.45) is -0.365. The van der Waals surface area contributed by atoms with Gasteiger partial charge in [0.1, 0.15) is 17.6 Å². The molecule has 4 heterocycles. The number of rotatable bonds is 11. The van der Waals surface area contributed by atoms with Crippen molar-refractivity contribution in [2.75, 3.05) is 30.3 Å². The maximum Gasteiger partial charge on any atom is 0.243 e. The molecule has 0 bridgehead atoms. The molecule has 0 unspecified atom stereocenters. The van der Waals surface area contributed by atoms with Crippen molar-refractivity contribution in [1.29, 1.82) is 0 Å². The van der Waals surface area contributed by atoms with Crippen molar-refractivity contribution in [3.8, 4) is 27.4 Å². The monoisotopic (exact) mass is 725 g/mol. The number of carbonyl (C=O) groups excluding carboxylic acids is 3. The minimum Gasteiger partial charge on any atom is -0.507 e. The smallest absolute Gasteiger partial charge is 0.243 e. The van der Waals surface area contributed by atoms with Gasteiger partial charge in [-0.15, -0.1) is 21.5 Å². The average Bonchev–Trinajstić information content (AvgIpc) is 3.70. The maximum absolute atomic E-state index is 14.2. The average molecular weight is 726 g/mol. The molecule has 2 aliphatic heterocycles. The summed E-state index contributed by atoms with van der Waals surface area (Å²) in [7, 11) is 0. The first-order chi connectivity index (χ1) is 24.7. The number of likely N-dealkylation sites (tertiary alicyclic amines) is 1. The Morgan fingerprint density at radius 2 is 1.77 bits per heavy atom. The van der Waals surface area contributed by atoms with Gasteiger partial charge < -0.3 is 31.1 Å². The zero-order valence-electron chi connectivity index (χ0n) is 30.2. The van der Waals surface area contributed by atoms with E-state index in [1.165, 1.54) is 4.90 Å². The van der Waals surface area contributed by atoms with Crippen LogP contribution in [0.25, 0.3) is 21.7 Å². The largest absolute Gasteiger partial charge is 0.507 e. The number of phenolic OH excluding ortho intramolecular Hbond substituents is 1. The first kappa shape index (κ1) is 36.9. The van der Waals surface area contributed by atoms with Crippen molar-refractivity contribution >= 4 is 40.4 Å². The Hall–Kier alpha value is -4.88. The van der Waals surface area contributed by atoms with Gasteiger partial charge in [-0.2, -0.15) is 0 Å². The third-order valence-corrected chi connectivity index (χ3v) is 11.2. The summed E-state index contributed by atoms with van der Waals surface area (Å²) in [5.41, 5.74) is 12.1. The van der Waals surface area contributed by atoms with Gasteiger partial charge in [0.15, 0.2) is 5.82 Å². The third kappa shape index (κ3) is 7.95. The molecule has 0 aliphatic carbocycles. The summed E-state index contributed by atoms with van der Waals surface area (Å²) < 4.78 is 0. The standard InChI is InChI=1S/C39H47N7O5S/c1-22(25-10-12-26(13-11-25)35-23(2)41-21-52-35)42-37(50)33-16-28(48)20-46(33)38(51)30(39(3,4)5)15-27(47)14-24-18-45(19-24)32-17-31(43-44-36(32)40)29-8-6-7-9-34(29)49/h6-13,17,21-22,24,28,30,33,48-49H,14-16,18-20H2,1-5H3,(H2,40,44)(H,42,50)/t22-,28+,30+,33-/m0/s1. The lowest BCUT2D eigenvalue weighted by atomic mass is 9.75. The second-order valence-corrected chi connectivity index (χ2v) is 16.0. The maximum atomic E-state index is 14.2. The minimum atomic E-state index is -0.841. The number of para-hydroxylation sites is 1. The molecule has 2 fully saturated rings. The van der Waals surface area contributed by atoms with Crippen molar-refractivity contribution < 1.29 is 24.6 Å². The van der Waals surface area contributed by atoms with E-state index in [0.717, 1.165) is 21.7 Å². The lowest BCUT2D eigenvalue weighted by Crippen LogP contribution is -2.51. The van der Waals surface area contributed by atoms with E-state index in [2.05, 4.69) is 20.5 Å². The fourth-order valence-corrected chi connectivity index (χ4v) is 7.97. The van der Waals surface area contributed by atoms with E-state index in [1.807, 2.05) is 69.3 Å². The SMILES string of the molecule is Cc1ncsc1-c1ccc([C@H](C)NC(=O)[C@@H]2C[C@@H](O)CN2C(=O)[C@@H](CC(=O)CC2CN(c3cc(-c4ccccc4O)nnc3N)C2)C(C)(C)C)cc1. The Morgan fingerprint density at radius 3 is 2.42 bits per heavy atom. The normalized spacial score (nSPS) is 18.9. The molecule has 12 nitrogen and oxygen atoms in total. The van der Waals surface area contributed by atoms with Crippen LogP contribution >= 0.6 is 11.3 Å². The molecule has 0 spiro atoms. The Morgan fingerprint density at radius 1 is 1.06 bits per heavy atom. The zero-order chi connectivity index (χ0) is 37.3. The number of carbonyl (C=O) groups is 3. The molecule has 2 aliphatic rings. The molecule has 274 valence electrons.